The highest BCUT2D eigenvalue weighted by molar-refractivity contribution is 5.88. The third kappa shape index (κ3) is 2.13. The molecular weight excluding hydrogens is 200 g/mol. The van der Waals surface area contributed by atoms with Crippen LogP contribution in [0.25, 0.3) is 10.8 Å². The van der Waals surface area contributed by atoms with E-state index in [0.29, 0.717) is 0 Å². The second kappa shape index (κ2) is 4.65. The maximum Gasteiger partial charge on any atom is 0.127 e. The summed E-state index contributed by atoms with van der Waals surface area (Å²) in [5.74, 6) is 0.767. The number of hydrogen-bond acceptors (Lipinski definition) is 3. The molecule has 3 heteroatoms. The second-order valence-electron chi connectivity index (χ2n) is 3.52. The molecule has 0 saturated carbocycles. The van der Waals surface area contributed by atoms with Crippen molar-refractivity contribution >= 4 is 10.8 Å². The lowest BCUT2D eigenvalue weighted by Crippen LogP contribution is -2.25. The molecule has 0 radical (unpaired) electrons. The molecule has 16 heavy (non-hydrogen) atoms. The van der Waals surface area contributed by atoms with Gasteiger partial charge in [-0.1, -0.05) is 36.4 Å². The Morgan fingerprint density at radius 1 is 1.19 bits per heavy atom. The molecule has 1 atom stereocenters. The van der Waals surface area contributed by atoms with Crippen LogP contribution in [0.4, 0.5) is 0 Å². The van der Waals surface area contributed by atoms with Gasteiger partial charge in [-0.3, -0.25) is 0 Å². The maximum absolute atomic E-state index is 8.57. The van der Waals surface area contributed by atoms with Gasteiger partial charge in [0.15, 0.2) is 0 Å². The highest BCUT2D eigenvalue weighted by Crippen LogP contribution is 2.24. The van der Waals surface area contributed by atoms with Crippen molar-refractivity contribution in [2.75, 3.05) is 6.61 Å². The molecule has 0 aromatic heterocycles. The Morgan fingerprint density at radius 2 is 1.94 bits per heavy atom. The fourth-order valence-corrected chi connectivity index (χ4v) is 1.54. The zero-order valence-corrected chi connectivity index (χ0v) is 8.76. The summed E-state index contributed by atoms with van der Waals surface area (Å²) >= 11 is 0. The van der Waals surface area contributed by atoms with Crippen LogP contribution in [0.5, 0.6) is 5.75 Å². The van der Waals surface area contributed by atoms with Crippen molar-refractivity contribution in [2.24, 2.45) is 5.73 Å². The van der Waals surface area contributed by atoms with Gasteiger partial charge in [0, 0.05) is 5.39 Å². The summed E-state index contributed by atoms with van der Waals surface area (Å²) in [6.45, 7) is 0.213. The standard InChI is InChI=1S/C13H12N2O/c14-8-11(15)9-16-13-7-3-5-10-4-1-2-6-12(10)13/h1-7,11H,9,15H2. The molecule has 0 aliphatic carbocycles. The number of nitriles is 1. The van der Waals surface area contributed by atoms with Crippen molar-refractivity contribution in [1.82, 2.24) is 0 Å². The average Bonchev–Trinajstić information content (AvgIpc) is 2.35. The van der Waals surface area contributed by atoms with Crippen LogP contribution in [0, 0.1) is 11.3 Å². The third-order valence-corrected chi connectivity index (χ3v) is 2.33. The van der Waals surface area contributed by atoms with Crippen LogP contribution in [0.3, 0.4) is 0 Å². The van der Waals surface area contributed by atoms with E-state index in [1.54, 1.807) is 0 Å². The first-order valence-corrected chi connectivity index (χ1v) is 5.07. The average molecular weight is 212 g/mol. The fourth-order valence-electron chi connectivity index (χ4n) is 1.54. The van der Waals surface area contributed by atoms with Crippen LogP contribution in [0.2, 0.25) is 0 Å². The van der Waals surface area contributed by atoms with E-state index in [1.165, 1.54) is 0 Å². The Balaban J connectivity index is 2.28. The van der Waals surface area contributed by atoms with Gasteiger partial charge in [0.05, 0.1) is 6.07 Å². The SMILES string of the molecule is N#CC(N)COc1cccc2ccccc12. The van der Waals surface area contributed by atoms with Gasteiger partial charge in [-0.05, 0) is 11.5 Å². The summed E-state index contributed by atoms with van der Waals surface area (Å²) in [5, 5.41) is 10.7. The molecule has 2 aromatic carbocycles. The molecule has 0 saturated heterocycles. The van der Waals surface area contributed by atoms with Crippen LogP contribution >= 0.6 is 0 Å². The number of fused-ring (bicyclic) bond motifs is 1. The van der Waals surface area contributed by atoms with Crippen molar-refractivity contribution in [3.8, 4) is 11.8 Å². The van der Waals surface area contributed by atoms with Gasteiger partial charge in [0.2, 0.25) is 0 Å². The van der Waals surface area contributed by atoms with Crippen molar-refractivity contribution in [1.29, 1.82) is 5.26 Å². The molecular formula is C13H12N2O. The molecule has 0 bridgehead atoms. The van der Waals surface area contributed by atoms with E-state index < -0.39 is 6.04 Å². The minimum absolute atomic E-state index is 0.213. The van der Waals surface area contributed by atoms with E-state index in [4.69, 9.17) is 15.7 Å². The van der Waals surface area contributed by atoms with E-state index >= 15 is 0 Å². The smallest absolute Gasteiger partial charge is 0.127 e. The highest BCUT2D eigenvalue weighted by Gasteiger charge is 2.04. The number of ether oxygens (including phenoxy) is 1. The van der Waals surface area contributed by atoms with E-state index in [1.807, 2.05) is 48.5 Å². The largest absolute Gasteiger partial charge is 0.490 e. The van der Waals surface area contributed by atoms with Crippen LogP contribution in [-0.2, 0) is 0 Å². The molecule has 1 unspecified atom stereocenters. The van der Waals surface area contributed by atoms with Gasteiger partial charge in [-0.15, -0.1) is 0 Å². The summed E-state index contributed by atoms with van der Waals surface area (Å²) in [6, 6.07) is 15.1. The normalized spacial score (nSPS) is 12.0. The number of hydrogen-bond donors (Lipinski definition) is 1. The Labute approximate surface area is 94.1 Å². The first-order chi connectivity index (χ1) is 7.81. The van der Waals surface area contributed by atoms with Gasteiger partial charge in [0.25, 0.3) is 0 Å². The minimum atomic E-state index is -0.584. The highest BCUT2D eigenvalue weighted by atomic mass is 16.5. The predicted molar refractivity (Wildman–Crippen MR) is 63.0 cm³/mol. The molecule has 2 rings (SSSR count). The summed E-state index contributed by atoms with van der Waals surface area (Å²) in [5.41, 5.74) is 5.48. The lowest BCUT2D eigenvalue weighted by molar-refractivity contribution is 0.312. The number of rotatable bonds is 3. The Bertz CT molecular complexity index is 525. The van der Waals surface area contributed by atoms with E-state index in [-0.39, 0.29) is 6.61 Å². The van der Waals surface area contributed by atoms with Crippen LogP contribution in [-0.4, -0.2) is 12.6 Å². The zero-order valence-electron chi connectivity index (χ0n) is 8.76. The Morgan fingerprint density at radius 3 is 2.75 bits per heavy atom. The van der Waals surface area contributed by atoms with E-state index in [2.05, 4.69) is 0 Å². The number of benzene rings is 2. The molecule has 3 nitrogen and oxygen atoms in total. The first-order valence-electron chi connectivity index (χ1n) is 5.07. The van der Waals surface area contributed by atoms with Gasteiger partial charge in [-0.25, -0.2) is 0 Å². The Hall–Kier alpha value is -2.05. The summed E-state index contributed by atoms with van der Waals surface area (Å²) in [6.07, 6.45) is 0. The predicted octanol–water partition coefficient (Wildman–Crippen LogP) is 2.07. The molecule has 2 N–H and O–H groups in total. The van der Waals surface area contributed by atoms with Crippen molar-refractivity contribution < 1.29 is 4.74 Å². The summed E-state index contributed by atoms with van der Waals surface area (Å²) < 4.78 is 5.52. The van der Waals surface area contributed by atoms with Crippen molar-refractivity contribution in [3.05, 3.63) is 42.5 Å². The van der Waals surface area contributed by atoms with Crippen LogP contribution in [0.15, 0.2) is 42.5 Å². The number of nitrogens with two attached hydrogens (primary N) is 1. The summed E-state index contributed by atoms with van der Waals surface area (Å²) in [4.78, 5) is 0. The topological polar surface area (TPSA) is 59.0 Å². The van der Waals surface area contributed by atoms with Gasteiger partial charge in [0.1, 0.15) is 18.4 Å². The molecule has 2 aromatic rings. The van der Waals surface area contributed by atoms with Gasteiger partial charge >= 0.3 is 0 Å². The lowest BCUT2D eigenvalue weighted by atomic mass is 10.1. The molecule has 0 amide bonds. The molecule has 0 aliphatic rings. The first kappa shape index (κ1) is 10.5. The molecule has 0 aliphatic heterocycles. The third-order valence-electron chi connectivity index (χ3n) is 2.33. The second-order valence-corrected chi connectivity index (χ2v) is 3.52. The van der Waals surface area contributed by atoms with Crippen LogP contribution < -0.4 is 10.5 Å². The molecule has 80 valence electrons. The molecule has 0 heterocycles. The van der Waals surface area contributed by atoms with Crippen molar-refractivity contribution in [2.45, 2.75) is 6.04 Å². The molecule has 0 spiro atoms. The van der Waals surface area contributed by atoms with Gasteiger partial charge in [-0.2, -0.15) is 5.26 Å². The lowest BCUT2D eigenvalue weighted by Gasteiger charge is -2.09. The fraction of sp³-hybridized carbons (Fsp3) is 0.154. The van der Waals surface area contributed by atoms with E-state index in [9.17, 15) is 0 Å². The zero-order chi connectivity index (χ0) is 11.4. The Kier molecular flexibility index (Phi) is 3.04. The maximum atomic E-state index is 8.57. The number of nitrogens with zero attached hydrogens (tertiary/aromatic N) is 1. The van der Waals surface area contributed by atoms with Crippen LogP contribution in [0.1, 0.15) is 0 Å². The van der Waals surface area contributed by atoms with Gasteiger partial charge < -0.3 is 10.5 Å². The van der Waals surface area contributed by atoms with Crippen molar-refractivity contribution in [3.63, 3.8) is 0 Å². The monoisotopic (exact) mass is 212 g/mol. The molecule has 0 fully saturated rings. The quantitative estimate of drug-likeness (QED) is 0.847. The summed E-state index contributed by atoms with van der Waals surface area (Å²) in [7, 11) is 0. The minimum Gasteiger partial charge on any atom is -0.490 e. The van der Waals surface area contributed by atoms with E-state index in [0.717, 1.165) is 16.5 Å².